The highest BCUT2D eigenvalue weighted by Crippen LogP contribution is 2.37. The summed E-state index contributed by atoms with van der Waals surface area (Å²) in [5.74, 6) is -5.31. The fourth-order valence-electron chi connectivity index (χ4n) is 8.43. The van der Waals surface area contributed by atoms with E-state index in [2.05, 4.69) is 31.9 Å². The van der Waals surface area contributed by atoms with Gasteiger partial charge in [0, 0.05) is 38.1 Å². The Morgan fingerprint density at radius 3 is 1.35 bits per heavy atom. The lowest BCUT2D eigenvalue weighted by molar-refractivity contribution is -0.159. The number of carbonyl (C=O) groups excluding carboxylic acids is 9. The Morgan fingerprint density at radius 1 is 0.476 bits per heavy atom. The maximum Gasteiger partial charge on any atom is 0.329 e. The van der Waals surface area contributed by atoms with E-state index >= 15 is 0 Å². The molecule has 0 spiro atoms. The van der Waals surface area contributed by atoms with Crippen LogP contribution in [-0.2, 0) is 81.8 Å². The lowest BCUT2D eigenvalue weighted by Crippen LogP contribution is -2.58. The van der Waals surface area contributed by atoms with E-state index in [0.717, 1.165) is 21.6 Å². The lowest BCUT2D eigenvalue weighted by atomic mass is 9.77. The third kappa shape index (κ3) is 25.2. The van der Waals surface area contributed by atoms with Crippen LogP contribution in [-0.4, -0.2) is 180 Å². The second-order valence-corrected chi connectivity index (χ2v) is 21.1. The number of rotatable bonds is 40. The van der Waals surface area contributed by atoms with Crippen molar-refractivity contribution in [1.29, 1.82) is 0 Å². The maximum absolute atomic E-state index is 14.6. The van der Waals surface area contributed by atoms with Gasteiger partial charge in [0.05, 0.1) is 85.7 Å². The molecule has 0 aliphatic carbocycles. The average molecular weight is 1170 g/mol. The Bertz CT molecular complexity index is 2470. The van der Waals surface area contributed by atoms with Crippen molar-refractivity contribution in [3.05, 3.63) is 120 Å². The molecular formula is C61H85N7O16. The van der Waals surface area contributed by atoms with Crippen LogP contribution >= 0.6 is 0 Å². The number of hydrogen-bond donors (Lipinski definition) is 6. The van der Waals surface area contributed by atoms with E-state index in [-0.39, 0.29) is 70.6 Å². The molecule has 1 aliphatic heterocycles. The number of hydrogen-bond acceptors (Lipinski definition) is 16. The summed E-state index contributed by atoms with van der Waals surface area (Å²) in [6.45, 7) is 15.6. The van der Waals surface area contributed by atoms with Gasteiger partial charge in [-0.1, -0.05) is 105 Å². The van der Waals surface area contributed by atoms with Crippen molar-refractivity contribution in [1.82, 2.24) is 36.8 Å². The van der Waals surface area contributed by atoms with Crippen LogP contribution < -0.4 is 31.9 Å². The van der Waals surface area contributed by atoms with Gasteiger partial charge in [0.15, 0.2) is 0 Å². The molecule has 1 heterocycles. The summed E-state index contributed by atoms with van der Waals surface area (Å²) < 4.78 is 38.5. The molecule has 0 aromatic heterocycles. The van der Waals surface area contributed by atoms with Gasteiger partial charge in [0.1, 0.15) is 35.3 Å². The average Bonchev–Trinajstić information content (AvgIpc) is 1.95. The number of imide groups is 1. The van der Waals surface area contributed by atoms with E-state index in [1.165, 1.54) is 26.0 Å². The smallest absolute Gasteiger partial charge is 0.329 e. The molecule has 0 saturated heterocycles. The van der Waals surface area contributed by atoms with Crippen molar-refractivity contribution in [3.63, 3.8) is 0 Å². The predicted octanol–water partition coefficient (Wildman–Crippen LogP) is 2.77. The standard InChI is InChI=1S/C61H85N7O16/c1-43(2)41-50(59(77)84-60(5,6)7)66-58(76)49(42-53(71)67-61(46-17-11-8-12-18-46,47-19-13-9-14-20-47)48-21-15-10-16-22-48)65-57(75)45(4)64-56(74)44(3)63-52(70)26-29-78-31-33-80-35-37-82-39-40-83-38-36-81-34-32-79-30-27-62-51(69)25-28-68-54(72)23-24-55(68)73/h8-24,43-45,49-50H,25-42H2,1-7H3,(H,62,69)(H,63,70)(H,64,74)(H,65,75)(H,66,76)(H,67,71)/t44-,45-,49-,50-/m0/s1. The molecule has 4 atom stereocenters. The summed E-state index contributed by atoms with van der Waals surface area (Å²) in [5.41, 5.74) is 0.0532. The van der Waals surface area contributed by atoms with E-state index in [9.17, 15) is 43.2 Å². The summed E-state index contributed by atoms with van der Waals surface area (Å²) in [6.07, 6.45) is 1.93. The molecule has 6 N–H and O–H groups in total. The van der Waals surface area contributed by atoms with Gasteiger partial charge in [0.25, 0.3) is 11.8 Å². The molecule has 3 aromatic rings. The maximum atomic E-state index is 14.6. The zero-order valence-electron chi connectivity index (χ0n) is 49.4. The van der Waals surface area contributed by atoms with Gasteiger partial charge in [-0.3, -0.25) is 43.3 Å². The Hall–Kier alpha value is -7.41. The summed E-state index contributed by atoms with van der Waals surface area (Å²) in [6, 6.07) is 23.1. The van der Waals surface area contributed by atoms with Crippen LogP contribution in [0.3, 0.4) is 0 Å². The van der Waals surface area contributed by atoms with E-state index in [4.69, 9.17) is 33.2 Å². The molecule has 0 unspecified atom stereocenters. The lowest BCUT2D eigenvalue weighted by Gasteiger charge is -2.37. The predicted molar refractivity (Wildman–Crippen MR) is 309 cm³/mol. The molecule has 84 heavy (non-hydrogen) atoms. The van der Waals surface area contributed by atoms with E-state index in [1.807, 2.05) is 105 Å². The number of benzene rings is 3. The van der Waals surface area contributed by atoms with Crippen LogP contribution in [0.5, 0.6) is 0 Å². The number of amides is 8. The first kappa shape index (κ1) is 69.1. The monoisotopic (exact) mass is 1170 g/mol. The summed E-state index contributed by atoms with van der Waals surface area (Å²) in [4.78, 5) is 118. The normalized spacial score (nSPS) is 13.8. The molecule has 23 heteroatoms. The van der Waals surface area contributed by atoms with Crippen LogP contribution in [0.25, 0.3) is 0 Å². The molecule has 0 fully saturated rings. The van der Waals surface area contributed by atoms with Gasteiger partial charge in [-0.15, -0.1) is 0 Å². The van der Waals surface area contributed by atoms with Crippen molar-refractivity contribution in [2.24, 2.45) is 5.92 Å². The second-order valence-electron chi connectivity index (χ2n) is 21.1. The third-order valence-corrected chi connectivity index (χ3v) is 12.6. The van der Waals surface area contributed by atoms with Gasteiger partial charge in [-0.2, -0.15) is 0 Å². The van der Waals surface area contributed by atoms with Gasteiger partial charge >= 0.3 is 5.97 Å². The van der Waals surface area contributed by atoms with Crippen molar-refractivity contribution in [2.75, 3.05) is 92.4 Å². The van der Waals surface area contributed by atoms with Crippen molar-refractivity contribution >= 4 is 53.2 Å². The van der Waals surface area contributed by atoms with Crippen LogP contribution in [0.2, 0.25) is 0 Å². The van der Waals surface area contributed by atoms with E-state index in [0.29, 0.717) is 52.9 Å². The minimum Gasteiger partial charge on any atom is -0.458 e. The Labute approximate surface area is 492 Å². The van der Waals surface area contributed by atoms with Gasteiger partial charge in [-0.25, -0.2) is 4.79 Å². The van der Waals surface area contributed by atoms with Crippen LogP contribution in [0.1, 0.15) is 90.8 Å². The molecule has 23 nitrogen and oxygen atoms in total. The van der Waals surface area contributed by atoms with Gasteiger partial charge in [-0.05, 0) is 63.6 Å². The minimum absolute atomic E-state index is 0.0160. The number of nitrogens with one attached hydrogen (secondary N) is 6. The van der Waals surface area contributed by atoms with Crippen LogP contribution in [0.15, 0.2) is 103 Å². The van der Waals surface area contributed by atoms with Crippen molar-refractivity contribution < 1.29 is 76.3 Å². The number of esters is 1. The first-order chi connectivity index (χ1) is 40.2. The van der Waals surface area contributed by atoms with E-state index < -0.39 is 89.0 Å². The molecule has 460 valence electrons. The highest BCUT2D eigenvalue weighted by molar-refractivity contribution is 6.13. The highest BCUT2D eigenvalue weighted by Gasteiger charge is 2.40. The second kappa shape index (κ2) is 37.0. The summed E-state index contributed by atoms with van der Waals surface area (Å²) in [7, 11) is 0. The van der Waals surface area contributed by atoms with Gasteiger partial charge in [0.2, 0.25) is 35.4 Å². The first-order valence-corrected chi connectivity index (χ1v) is 28.4. The molecule has 0 radical (unpaired) electrons. The van der Waals surface area contributed by atoms with E-state index in [1.54, 1.807) is 20.8 Å². The Morgan fingerprint density at radius 2 is 0.893 bits per heavy atom. The quantitative estimate of drug-likeness (QED) is 0.0207. The van der Waals surface area contributed by atoms with Gasteiger partial charge < -0.3 is 65.1 Å². The molecule has 8 amide bonds. The molecule has 0 bridgehead atoms. The van der Waals surface area contributed by atoms with Crippen molar-refractivity contribution in [3.8, 4) is 0 Å². The summed E-state index contributed by atoms with van der Waals surface area (Å²) in [5, 5.41) is 16.4. The third-order valence-electron chi connectivity index (χ3n) is 12.6. The van der Waals surface area contributed by atoms with Crippen LogP contribution in [0.4, 0.5) is 0 Å². The Balaban J connectivity index is 1.15. The molecule has 4 rings (SSSR count). The summed E-state index contributed by atoms with van der Waals surface area (Å²) >= 11 is 0. The van der Waals surface area contributed by atoms with Crippen LogP contribution in [0, 0.1) is 5.92 Å². The molecule has 1 aliphatic rings. The Kier molecular flexibility index (Phi) is 30.4. The zero-order valence-corrected chi connectivity index (χ0v) is 49.4. The van der Waals surface area contributed by atoms with Crippen molar-refractivity contribution in [2.45, 2.75) is 109 Å². The SMILES string of the molecule is CC(C)C[C@H](NC(=O)[C@H](CC(=O)NC(c1ccccc1)(c1ccccc1)c1ccccc1)NC(=O)[C@H](C)NC(=O)[C@H](C)NC(=O)CCOCCOCCOCCOCCOCCOCCNC(=O)CCN1C(=O)C=CC1=O)C(=O)OC(C)(C)C. The number of ether oxygens (including phenoxy) is 7. The number of carbonyl (C=O) groups is 9. The zero-order chi connectivity index (χ0) is 61.3. The first-order valence-electron chi connectivity index (χ1n) is 28.4. The fourth-order valence-corrected chi connectivity index (χ4v) is 8.43. The molecular weight excluding hydrogens is 1090 g/mol. The fraction of sp³-hybridized carbons (Fsp3) is 0.525. The topological polar surface area (TPSA) is 294 Å². The molecule has 0 saturated carbocycles. The highest BCUT2D eigenvalue weighted by atomic mass is 16.6. The number of nitrogens with zero attached hydrogens (tertiary/aromatic N) is 1. The largest absolute Gasteiger partial charge is 0.458 e. The molecule has 3 aromatic carbocycles. The minimum atomic E-state index is -1.54.